The minimum Gasteiger partial charge on any atom is -0.493 e. The number of ether oxygens (including phenoxy) is 2. The lowest BCUT2D eigenvalue weighted by atomic mass is 9.85. The number of rotatable bonds is 5. The Hall–Kier alpha value is -2.08. The average molecular weight is 318 g/mol. The second-order valence-corrected chi connectivity index (χ2v) is 5.97. The average Bonchev–Trinajstić information content (AvgIpc) is 3.05. The van der Waals surface area contributed by atoms with Crippen LogP contribution in [0.2, 0.25) is 0 Å². The van der Waals surface area contributed by atoms with Gasteiger partial charge in [-0.05, 0) is 30.5 Å². The maximum Gasteiger partial charge on any atom is 0.258 e. The fourth-order valence-electron chi connectivity index (χ4n) is 3.04. The van der Waals surface area contributed by atoms with Crippen molar-refractivity contribution in [2.45, 2.75) is 44.1 Å². The Morgan fingerprint density at radius 2 is 1.87 bits per heavy atom. The van der Waals surface area contributed by atoms with Crippen LogP contribution in [0.15, 0.2) is 22.7 Å². The van der Waals surface area contributed by atoms with Gasteiger partial charge in [-0.2, -0.15) is 4.98 Å². The molecule has 0 aliphatic heterocycles. The normalized spacial score (nSPS) is 17.0. The van der Waals surface area contributed by atoms with Gasteiger partial charge in [-0.3, -0.25) is 0 Å². The zero-order chi connectivity index (χ0) is 16.3. The van der Waals surface area contributed by atoms with Gasteiger partial charge in [0.15, 0.2) is 17.3 Å². The molecule has 23 heavy (non-hydrogen) atoms. The molecule has 1 aliphatic carbocycles. The molecule has 1 saturated carbocycles. The molecule has 0 atom stereocenters. The van der Waals surface area contributed by atoms with E-state index in [-0.39, 0.29) is 0 Å². The first-order valence-electron chi connectivity index (χ1n) is 7.91. The molecule has 1 N–H and O–H groups in total. The minimum absolute atomic E-state index is 0.340. The highest BCUT2D eigenvalue weighted by atomic mass is 16.5. The standard InChI is InChI=1S/C17H22N2O4/c1-21-13-7-6-12(10-14(13)22-2)11-15-18-16(23-19-15)17(20)8-4-3-5-9-17/h6-7,10,20H,3-5,8-9,11H2,1-2H3. The van der Waals surface area contributed by atoms with Gasteiger partial charge in [0.25, 0.3) is 5.89 Å². The van der Waals surface area contributed by atoms with Crippen LogP contribution < -0.4 is 9.47 Å². The van der Waals surface area contributed by atoms with Crippen molar-refractivity contribution in [2.75, 3.05) is 14.2 Å². The molecule has 1 heterocycles. The molecule has 0 radical (unpaired) electrons. The fourth-order valence-corrected chi connectivity index (χ4v) is 3.04. The van der Waals surface area contributed by atoms with Crippen LogP contribution in [0.5, 0.6) is 11.5 Å². The Balaban J connectivity index is 1.76. The van der Waals surface area contributed by atoms with E-state index < -0.39 is 5.60 Å². The highest BCUT2D eigenvalue weighted by molar-refractivity contribution is 5.43. The molecular weight excluding hydrogens is 296 g/mol. The summed E-state index contributed by atoms with van der Waals surface area (Å²) in [5.41, 5.74) is 0.0341. The Labute approximate surface area is 135 Å². The first-order chi connectivity index (χ1) is 11.1. The summed E-state index contributed by atoms with van der Waals surface area (Å²) in [6, 6.07) is 5.68. The predicted molar refractivity (Wildman–Crippen MR) is 83.6 cm³/mol. The number of aromatic nitrogens is 2. The van der Waals surface area contributed by atoms with Crippen LogP contribution >= 0.6 is 0 Å². The first-order valence-corrected chi connectivity index (χ1v) is 7.91. The monoisotopic (exact) mass is 318 g/mol. The van der Waals surface area contributed by atoms with E-state index in [0.29, 0.717) is 42.5 Å². The summed E-state index contributed by atoms with van der Waals surface area (Å²) in [7, 11) is 3.21. The predicted octanol–water partition coefficient (Wildman–Crippen LogP) is 2.83. The topological polar surface area (TPSA) is 77.6 Å². The van der Waals surface area contributed by atoms with Gasteiger partial charge >= 0.3 is 0 Å². The molecule has 0 spiro atoms. The highest BCUT2D eigenvalue weighted by Gasteiger charge is 2.36. The summed E-state index contributed by atoms with van der Waals surface area (Å²) in [5.74, 6) is 2.25. The van der Waals surface area contributed by atoms with Gasteiger partial charge in [-0.25, -0.2) is 0 Å². The third-order valence-corrected chi connectivity index (χ3v) is 4.36. The molecule has 6 nitrogen and oxygen atoms in total. The van der Waals surface area contributed by atoms with Crippen molar-refractivity contribution in [3.05, 3.63) is 35.5 Å². The van der Waals surface area contributed by atoms with Crippen molar-refractivity contribution < 1.29 is 19.1 Å². The summed E-state index contributed by atoms with van der Waals surface area (Å²) < 4.78 is 15.8. The summed E-state index contributed by atoms with van der Waals surface area (Å²) >= 11 is 0. The number of methoxy groups -OCH3 is 2. The van der Waals surface area contributed by atoms with Crippen molar-refractivity contribution >= 4 is 0 Å². The van der Waals surface area contributed by atoms with Crippen LogP contribution in [0.4, 0.5) is 0 Å². The van der Waals surface area contributed by atoms with E-state index in [9.17, 15) is 5.11 Å². The Kier molecular flexibility index (Phi) is 4.52. The molecule has 0 amide bonds. The molecule has 3 rings (SSSR count). The molecule has 0 saturated heterocycles. The number of benzene rings is 1. The van der Waals surface area contributed by atoms with Crippen LogP contribution in [-0.4, -0.2) is 29.5 Å². The van der Waals surface area contributed by atoms with Crippen molar-refractivity contribution in [3.63, 3.8) is 0 Å². The Morgan fingerprint density at radius 1 is 1.13 bits per heavy atom. The second-order valence-electron chi connectivity index (χ2n) is 5.97. The van der Waals surface area contributed by atoms with E-state index in [1.165, 1.54) is 0 Å². The second kappa shape index (κ2) is 6.58. The lowest BCUT2D eigenvalue weighted by molar-refractivity contribution is -0.0287. The van der Waals surface area contributed by atoms with E-state index in [1.807, 2.05) is 18.2 Å². The summed E-state index contributed by atoms with van der Waals surface area (Å²) in [6.07, 6.45) is 5.01. The van der Waals surface area contributed by atoms with Gasteiger partial charge in [0.05, 0.1) is 14.2 Å². The van der Waals surface area contributed by atoms with Crippen molar-refractivity contribution in [1.82, 2.24) is 10.1 Å². The van der Waals surface area contributed by atoms with Crippen molar-refractivity contribution in [1.29, 1.82) is 0 Å². The number of aliphatic hydroxyl groups is 1. The third-order valence-electron chi connectivity index (χ3n) is 4.36. The van der Waals surface area contributed by atoms with Gasteiger partial charge in [0.1, 0.15) is 5.60 Å². The molecule has 2 aromatic rings. The maximum atomic E-state index is 10.6. The molecule has 6 heteroatoms. The molecule has 1 aromatic heterocycles. The fraction of sp³-hybridized carbons (Fsp3) is 0.529. The molecule has 0 bridgehead atoms. The lowest BCUT2D eigenvalue weighted by Gasteiger charge is -2.27. The van der Waals surface area contributed by atoms with E-state index in [4.69, 9.17) is 14.0 Å². The smallest absolute Gasteiger partial charge is 0.258 e. The number of nitrogens with zero attached hydrogens (tertiary/aromatic N) is 2. The maximum absolute atomic E-state index is 10.6. The van der Waals surface area contributed by atoms with Gasteiger partial charge in [0, 0.05) is 6.42 Å². The molecule has 1 fully saturated rings. The zero-order valence-electron chi connectivity index (χ0n) is 13.5. The van der Waals surface area contributed by atoms with E-state index in [1.54, 1.807) is 14.2 Å². The zero-order valence-corrected chi connectivity index (χ0v) is 13.5. The molecule has 1 aromatic carbocycles. The van der Waals surface area contributed by atoms with Gasteiger partial charge in [-0.15, -0.1) is 0 Å². The summed E-state index contributed by atoms with van der Waals surface area (Å²) in [5, 5.41) is 14.7. The van der Waals surface area contributed by atoms with Crippen LogP contribution in [0.3, 0.4) is 0 Å². The van der Waals surface area contributed by atoms with Gasteiger partial charge in [0.2, 0.25) is 0 Å². The van der Waals surface area contributed by atoms with Gasteiger partial charge in [-0.1, -0.05) is 30.5 Å². The highest BCUT2D eigenvalue weighted by Crippen LogP contribution is 2.36. The van der Waals surface area contributed by atoms with Crippen LogP contribution in [0.25, 0.3) is 0 Å². The Morgan fingerprint density at radius 3 is 2.57 bits per heavy atom. The van der Waals surface area contributed by atoms with Crippen molar-refractivity contribution in [3.8, 4) is 11.5 Å². The minimum atomic E-state index is -0.957. The molecule has 0 unspecified atom stereocenters. The SMILES string of the molecule is COc1ccc(Cc2noc(C3(O)CCCCC3)n2)cc1OC. The van der Waals surface area contributed by atoms with Crippen LogP contribution in [0, 0.1) is 0 Å². The lowest BCUT2D eigenvalue weighted by Crippen LogP contribution is -2.28. The van der Waals surface area contributed by atoms with Crippen molar-refractivity contribution in [2.24, 2.45) is 0 Å². The largest absolute Gasteiger partial charge is 0.493 e. The summed E-state index contributed by atoms with van der Waals surface area (Å²) in [6.45, 7) is 0. The first kappa shape index (κ1) is 15.8. The third kappa shape index (κ3) is 3.32. The molecule has 1 aliphatic rings. The van der Waals surface area contributed by atoms with Gasteiger partial charge < -0.3 is 19.1 Å². The van der Waals surface area contributed by atoms with Crippen LogP contribution in [-0.2, 0) is 12.0 Å². The van der Waals surface area contributed by atoms with E-state index in [2.05, 4.69) is 10.1 Å². The van der Waals surface area contributed by atoms with E-state index in [0.717, 1.165) is 24.8 Å². The summed E-state index contributed by atoms with van der Waals surface area (Å²) in [4.78, 5) is 4.40. The molecular formula is C17H22N2O4. The quantitative estimate of drug-likeness (QED) is 0.913. The number of hydrogen-bond acceptors (Lipinski definition) is 6. The number of hydrogen-bond donors (Lipinski definition) is 1. The van der Waals surface area contributed by atoms with E-state index >= 15 is 0 Å². The molecule has 124 valence electrons. The Bertz CT molecular complexity index is 662. The van der Waals surface area contributed by atoms with Crippen LogP contribution in [0.1, 0.15) is 49.4 Å².